The average Bonchev–Trinajstić information content (AvgIpc) is 2.34. The Morgan fingerprint density at radius 1 is 1.44 bits per heavy atom. The molecule has 1 heterocycles. The van der Waals surface area contributed by atoms with Crippen molar-refractivity contribution in [2.45, 2.75) is 12.5 Å². The predicted octanol–water partition coefficient (Wildman–Crippen LogP) is 0.567. The van der Waals surface area contributed by atoms with Crippen LogP contribution in [0, 0.1) is 10.1 Å². The molecule has 96 valence electrons. The molecule has 0 radical (unpaired) electrons. The van der Waals surface area contributed by atoms with Crippen LogP contribution < -0.4 is 5.32 Å². The van der Waals surface area contributed by atoms with Gasteiger partial charge in [0.1, 0.15) is 0 Å². The van der Waals surface area contributed by atoms with Crippen molar-refractivity contribution in [1.82, 2.24) is 10.2 Å². The van der Waals surface area contributed by atoms with Crippen molar-refractivity contribution in [2.75, 3.05) is 20.1 Å². The maximum absolute atomic E-state index is 11.3. The minimum Gasteiger partial charge on any atom is -0.343 e. The van der Waals surface area contributed by atoms with Crippen LogP contribution in [0.2, 0.25) is 0 Å². The van der Waals surface area contributed by atoms with Crippen molar-refractivity contribution in [3.8, 4) is 0 Å². The molecule has 1 aliphatic heterocycles. The van der Waals surface area contributed by atoms with Crippen LogP contribution >= 0.6 is 0 Å². The van der Waals surface area contributed by atoms with E-state index in [0.717, 1.165) is 12.0 Å². The average molecular weight is 249 g/mol. The highest BCUT2D eigenvalue weighted by Gasteiger charge is 2.22. The summed E-state index contributed by atoms with van der Waals surface area (Å²) in [6.07, 6.45) is 0.760. The Morgan fingerprint density at radius 3 is 2.67 bits per heavy atom. The topological polar surface area (TPSA) is 75.5 Å². The SMILES string of the molecule is CN1CC(Cc2ccc([N+](=O)[O-])cc2)NCC1=O. The predicted molar refractivity (Wildman–Crippen MR) is 66.2 cm³/mol. The molecule has 1 unspecified atom stereocenters. The van der Waals surface area contributed by atoms with Gasteiger partial charge in [-0.25, -0.2) is 0 Å². The van der Waals surface area contributed by atoms with E-state index in [1.807, 2.05) is 0 Å². The van der Waals surface area contributed by atoms with Gasteiger partial charge < -0.3 is 10.2 Å². The minimum atomic E-state index is -0.408. The van der Waals surface area contributed by atoms with Gasteiger partial charge in [-0.1, -0.05) is 12.1 Å². The van der Waals surface area contributed by atoms with Crippen LogP contribution in [0.3, 0.4) is 0 Å². The minimum absolute atomic E-state index is 0.0925. The maximum atomic E-state index is 11.3. The summed E-state index contributed by atoms with van der Waals surface area (Å²) in [6.45, 7) is 1.02. The van der Waals surface area contributed by atoms with E-state index < -0.39 is 4.92 Å². The maximum Gasteiger partial charge on any atom is 0.269 e. The number of carbonyl (C=O) groups excluding carboxylic acids is 1. The molecular formula is C12H15N3O3. The number of hydrogen-bond donors (Lipinski definition) is 1. The number of non-ortho nitro benzene ring substituents is 1. The highest BCUT2D eigenvalue weighted by atomic mass is 16.6. The Labute approximate surface area is 105 Å². The number of rotatable bonds is 3. The molecule has 1 fully saturated rings. The third-order valence-electron chi connectivity index (χ3n) is 3.09. The zero-order chi connectivity index (χ0) is 13.1. The van der Waals surface area contributed by atoms with Gasteiger partial charge in [0.05, 0.1) is 11.5 Å². The Kier molecular flexibility index (Phi) is 3.57. The van der Waals surface area contributed by atoms with E-state index in [9.17, 15) is 14.9 Å². The van der Waals surface area contributed by atoms with E-state index in [-0.39, 0.29) is 17.6 Å². The molecule has 6 heteroatoms. The van der Waals surface area contributed by atoms with Crippen molar-refractivity contribution in [3.63, 3.8) is 0 Å². The summed E-state index contributed by atoms with van der Waals surface area (Å²) in [5, 5.41) is 13.7. The van der Waals surface area contributed by atoms with Crippen molar-refractivity contribution in [1.29, 1.82) is 0 Å². The summed E-state index contributed by atoms with van der Waals surface area (Å²) in [6, 6.07) is 6.74. The molecule has 1 atom stereocenters. The summed E-state index contributed by atoms with van der Waals surface area (Å²) in [5.74, 6) is 0.0925. The Morgan fingerprint density at radius 2 is 2.11 bits per heavy atom. The van der Waals surface area contributed by atoms with Gasteiger partial charge in [0, 0.05) is 31.8 Å². The second-order valence-electron chi connectivity index (χ2n) is 4.48. The normalized spacial score (nSPS) is 19.9. The lowest BCUT2D eigenvalue weighted by molar-refractivity contribution is -0.384. The molecule has 0 saturated carbocycles. The standard InChI is InChI=1S/C12H15N3O3/c1-14-8-10(13-7-12(14)16)6-9-2-4-11(5-3-9)15(17)18/h2-5,10,13H,6-8H2,1H3. The first-order valence-corrected chi connectivity index (χ1v) is 5.77. The van der Waals surface area contributed by atoms with Crippen molar-refractivity contribution in [3.05, 3.63) is 39.9 Å². The van der Waals surface area contributed by atoms with Crippen molar-refractivity contribution >= 4 is 11.6 Å². The lowest BCUT2D eigenvalue weighted by atomic mass is 10.0. The lowest BCUT2D eigenvalue weighted by Gasteiger charge is -2.30. The number of nitro groups is 1. The monoisotopic (exact) mass is 249 g/mol. The zero-order valence-electron chi connectivity index (χ0n) is 10.1. The number of likely N-dealkylation sites (N-methyl/N-ethyl adjacent to an activating group) is 1. The highest BCUT2D eigenvalue weighted by molar-refractivity contribution is 5.78. The number of benzene rings is 1. The van der Waals surface area contributed by atoms with Gasteiger partial charge in [0.2, 0.25) is 5.91 Å². The number of nitro benzene ring substituents is 1. The molecule has 0 spiro atoms. The molecular weight excluding hydrogens is 234 g/mol. The second kappa shape index (κ2) is 5.14. The van der Waals surface area contributed by atoms with Crippen LogP contribution in [0.5, 0.6) is 0 Å². The van der Waals surface area contributed by atoms with Crippen LogP contribution in [0.15, 0.2) is 24.3 Å². The molecule has 0 bridgehead atoms. The van der Waals surface area contributed by atoms with Gasteiger partial charge in [-0.15, -0.1) is 0 Å². The van der Waals surface area contributed by atoms with Gasteiger partial charge in [-0.05, 0) is 12.0 Å². The van der Waals surface area contributed by atoms with Crippen molar-refractivity contribution < 1.29 is 9.72 Å². The molecule has 1 aromatic rings. The largest absolute Gasteiger partial charge is 0.343 e. The third kappa shape index (κ3) is 2.84. The van der Waals surface area contributed by atoms with E-state index in [1.54, 1.807) is 24.1 Å². The smallest absolute Gasteiger partial charge is 0.269 e. The van der Waals surface area contributed by atoms with Gasteiger partial charge >= 0.3 is 0 Å². The Hall–Kier alpha value is -1.95. The Balaban J connectivity index is 1.97. The fraction of sp³-hybridized carbons (Fsp3) is 0.417. The molecule has 2 rings (SSSR count). The van der Waals surface area contributed by atoms with E-state index in [0.29, 0.717) is 13.1 Å². The number of hydrogen-bond acceptors (Lipinski definition) is 4. The first kappa shape index (κ1) is 12.5. The summed E-state index contributed by atoms with van der Waals surface area (Å²) in [4.78, 5) is 23.1. The van der Waals surface area contributed by atoms with E-state index in [1.165, 1.54) is 12.1 Å². The summed E-state index contributed by atoms with van der Waals surface area (Å²) in [5.41, 5.74) is 1.13. The van der Waals surface area contributed by atoms with Gasteiger partial charge in [-0.2, -0.15) is 0 Å². The number of nitrogens with one attached hydrogen (secondary N) is 1. The highest BCUT2D eigenvalue weighted by Crippen LogP contribution is 2.14. The third-order valence-corrected chi connectivity index (χ3v) is 3.09. The quantitative estimate of drug-likeness (QED) is 0.627. The first-order chi connectivity index (χ1) is 8.56. The molecule has 1 aliphatic rings. The summed E-state index contributed by atoms with van der Waals surface area (Å²) in [7, 11) is 1.78. The number of carbonyl (C=O) groups is 1. The second-order valence-corrected chi connectivity index (χ2v) is 4.48. The molecule has 1 saturated heterocycles. The van der Waals surface area contributed by atoms with Crippen LogP contribution in [0.1, 0.15) is 5.56 Å². The van der Waals surface area contributed by atoms with Crippen LogP contribution in [0.25, 0.3) is 0 Å². The number of nitrogens with zero attached hydrogens (tertiary/aromatic N) is 2. The molecule has 1 amide bonds. The number of amides is 1. The fourth-order valence-electron chi connectivity index (χ4n) is 2.04. The van der Waals surface area contributed by atoms with Crippen LogP contribution in [-0.4, -0.2) is 41.9 Å². The van der Waals surface area contributed by atoms with Gasteiger partial charge in [0.15, 0.2) is 0 Å². The van der Waals surface area contributed by atoms with Crippen molar-refractivity contribution in [2.24, 2.45) is 0 Å². The molecule has 1 N–H and O–H groups in total. The summed E-state index contributed by atoms with van der Waals surface area (Å²) >= 11 is 0. The number of piperazine rings is 1. The van der Waals surface area contributed by atoms with Crippen LogP contribution in [-0.2, 0) is 11.2 Å². The molecule has 6 nitrogen and oxygen atoms in total. The van der Waals surface area contributed by atoms with Gasteiger partial charge in [0.25, 0.3) is 5.69 Å². The van der Waals surface area contributed by atoms with E-state index in [2.05, 4.69) is 5.32 Å². The Bertz CT molecular complexity index is 458. The zero-order valence-corrected chi connectivity index (χ0v) is 10.1. The van der Waals surface area contributed by atoms with E-state index >= 15 is 0 Å². The van der Waals surface area contributed by atoms with Gasteiger partial charge in [-0.3, -0.25) is 14.9 Å². The summed E-state index contributed by atoms with van der Waals surface area (Å²) < 4.78 is 0. The molecule has 0 aliphatic carbocycles. The molecule has 1 aromatic carbocycles. The molecule has 0 aromatic heterocycles. The lowest BCUT2D eigenvalue weighted by Crippen LogP contribution is -2.53. The van der Waals surface area contributed by atoms with Crippen LogP contribution in [0.4, 0.5) is 5.69 Å². The molecule has 18 heavy (non-hydrogen) atoms. The first-order valence-electron chi connectivity index (χ1n) is 5.77. The van der Waals surface area contributed by atoms with E-state index in [4.69, 9.17) is 0 Å². The fourth-order valence-corrected chi connectivity index (χ4v) is 2.04.